The Labute approximate surface area is 124 Å². The van der Waals surface area contributed by atoms with Crippen molar-refractivity contribution >= 4 is 0 Å². The van der Waals surface area contributed by atoms with Gasteiger partial charge < -0.3 is 4.42 Å². The Morgan fingerprint density at radius 1 is 1.19 bits per heavy atom. The van der Waals surface area contributed by atoms with E-state index in [1.165, 1.54) is 44.2 Å². The second kappa shape index (κ2) is 6.39. The van der Waals surface area contributed by atoms with Crippen LogP contribution < -0.4 is 0 Å². The summed E-state index contributed by atoms with van der Waals surface area (Å²) in [6, 6.07) is 6.89. The molecule has 0 radical (unpaired) electrons. The van der Waals surface area contributed by atoms with Gasteiger partial charge >= 0.3 is 0 Å². The molecule has 21 heavy (non-hydrogen) atoms. The number of halogens is 1. The van der Waals surface area contributed by atoms with Crippen molar-refractivity contribution in [2.24, 2.45) is 0 Å². The van der Waals surface area contributed by atoms with E-state index in [2.05, 4.69) is 16.9 Å². The summed E-state index contributed by atoms with van der Waals surface area (Å²) >= 11 is 0. The van der Waals surface area contributed by atoms with Gasteiger partial charge in [0, 0.05) is 18.2 Å². The number of hydrogen-bond acceptors (Lipinski definition) is 3. The van der Waals surface area contributed by atoms with Crippen molar-refractivity contribution in [1.29, 1.82) is 0 Å². The summed E-state index contributed by atoms with van der Waals surface area (Å²) in [7, 11) is 2.15. The second-order valence-corrected chi connectivity index (χ2v) is 5.86. The van der Waals surface area contributed by atoms with Crippen LogP contribution in [0.3, 0.4) is 0 Å². The first-order valence-electron chi connectivity index (χ1n) is 7.63. The van der Waals surface area contributed by atoms with Crippen LogP contribution >= 0.6 is 0 Å². The first-order valence-corrected chi connectivity index (χ1v) is 7.63. The Kier molecular flexibility index (Phi) is 4.34. The van der Waals surface area contributed by atoms with Gasteiger partial charge in [-0.05, 0) is 44.2 Å². The topological polar surface area (TPSA) is 29.3 Å². The van der Waals surface area contributed by atoms with E-state index in [-0.39, 0.29) is 5.82 Å². The van der Waals surface area contributed by atoms with Crippen molar-refractivity contribution in [1.82, 2.24) is 9.88 Å². The predicted molar refractivity (Wildman–Crippen MR) is 80.2 cm³/mol. The molecule has 0 aliphatic heterocycles. The Morgan fingerprint density at radius 2 is 1.90 bits per heavy atom. The maximum Gasteiger partial charge on any atom is 0.226 e. The smallest absolute Gasteiger partial charge is 0.226 e. The number of aromatic nitrogens is 1. The summed E-state index contributed by atoms with van der Waals surface area (Å²) in [5, 5.41) is 0. The summed E-state index contributed by atoms with van der Waals surface area (Å²) in [6.45, 7) is 0.801. The zero-order chi connectivity index (χ0) is 14.7. The van der Waals surface area contributed by atoms with E-state index in [4.69, 9.17) is 4.42 Å². The molecule has 0 N–H and O–H groups in total. The molecule has 112 valence electrons. The summed E-state index contributed by atoms with van der Waals surface area (Å²) in [6.07, 6.45) is 8.28. The van der Waals surface area contributed by atoms with Gasteiger partial charge in [-0.2, -0.15) is 0 Å². The molecule has 1 fully saturated rings. The van der Waals surface area contributed by atoms with Crippen LogP contribution in [-0.2, 0) is 6.54 Å². The molecule has 0 spiro atoms. The first kappa shape index (κ1) is 14.3. The van der Waals surface area contributed by atoms with E-state index in [0.29, 0.717) is 11.9 Å². The fourth-order valence-electron chi connectivity index (χ4n) is 3.01. The number of rotatable bonds is 4. The lowest BCUT2D eigenvalue weighted by Crippen LogP contribution is -2.32. The highest BCUT2D eigenvalue weighted by Gasteiger charge is 2.19. The Bertz CT molecular complexity index is 573. The van der Waals surface area contributed by atoms with E-state index in [1.54, 1.807) is 18.4 Å². The molecule has 1 heterocycles. The molecule has 1 aromatic carbocycles. The average molecular weight is 288 g/mol. The minimum atomic E-state index is -0.248. The van der Waals surface area contributed by atoms with Crippen LogP contribution in [0.2, 0.25) is 0 Å². The molecular weight excluding hydrogens is 267 g/mol. The maximum absolute atomic E-state index is 12.9. The molecule has 1 aromatic heterocycles. The third kappa shape index (κ3) is 3.50. The van der Waals surface area contributed by atoms with Crippen LogP contribution in [-0.4, -0.2) is 23.0 Å². The third-order valence-electron chi connectivity index (χ3n) is 4.25. The zero-order valence-electron chi connectivity index (χ0n) is 12.4. The number of hydrogen-bond donors (Lipinski definition) is 0. The van der Waals surface area contributed by atoms with Gasteiger partial charge in [0.05, 0.1) is 5.69 Å². The van der Waals surface area contributed by atoms with Gasteiger partial charge in [0.25, 0.3) is 0 Å². The predicted octanol–water partition coefficient (Wildman–Crippen LogP) is 4.25. The van der Waals surface area contributed by atoms with Crippen molar-refractivity contribution in [2.75, 3.05) is 7.05 Å². The van der Waals surface area contributed by atoms with E-state index in [1.807, 2.05) is 0 Å². The monoisotopic (exact) mass is 288 g/mol. The normalized spacial score (nSPS) is 16.5. The minimum Gasteiger partial charge on any atom is -0.444 e. The molecule has 0 bridgehead atoms. The molecular formula is C17H21FN2O. The Balaban J connectivity index is 1.65. The van der Waals surface area contributed by atoms with Gasteiger partial charge in [-0.15, -0.1) is 0 Å². The highest BCUT2D eigenvalue weighted by Crippen LogP contribution is 2.24. The fourth-order valence-corrected chi connectivity index (χ4v) is 3.01. The maximum atomic E-state index is 12.9. The molecule has 0 unspecified atom stereocenters. The lowest BCUT2D eigenvalue weighted by atomic mass is 9.94. The molecule has 1 aliphatic rings. The quantitative estimate of drug-likeness (QED) is 0.842. The Hall–Kier alpha value is -1.68. The van der Waals surface area contributed by atoms with E-state index >= 15 is 0 Å². The highest BCUT2D eigenvalue weighted by molar-refractivity contribution is 5.52. The van der Waals surface area contributed by atoms with Gasteiger partial charge in [-0.3, -0.25) is 4.90 Å². The van der Waals surface area contributed by atoms with Crippen molar-refractivity contribution < 1.29 is 8.81 Å². The molecule has 3 rings (SSSR count). The standard InChI is InChI=1S/C17H21FN2O/c1-20(16-5-3-2-4-6-16)11-15-12-21-17(19-15)13-7-9-14(18)10-8-13/h7-10,12,16H,2-6,11H2,1H3. The van der Waals surface area contributed by atoms with Gasteiger partial charge in [-0.25, -0.2) is 9.37 Å². The van der Waals surface area contributed by atoms with Gasteiger partial charge in [0.2, 0.25) is 5.89 Å². The van der Waals surface area contributed by atoms with Crippen molar-refractivity contribution in [3.05, 3.63) is 42.0 Å². The number of benzene rings is 1. The third-order valence-corrected chi connectivity index (χ3v) is 4.25. The highest BCUT2D eigenvalue weighted by atomic mass is 19.1. The lowest BCUT2D eigenvalue weighted by molar-refractivity contribution is 0.182. The molecule has 1 aliphatic carbocycles. The summed E-state index contributed by atoms with van der Waals surface area (Å²) in [5.41, 5.74) is 1.74. The molecule has 0 atom stereocenters. The van der Waals surface area contributed by atoms with Crippen molar-refractivity contribution in [3.8, 4) is 11.5 Å². The summed E-state index contributed by atoms with van der Waals surface area (Å²) < 4.78 is 18.4. The molecule has 1 saturated carbocycles. The van der Waals surface area contributed by atoms with Crippen LogP contribution in [0.4, 0.5) is 4.39 Å². The van der Waals surface area contributed by atoms with Crippen LogP contribution in [0.25, 0.3) is 11.5 Å². The molecule has 0 saturated heterocycles. The van der Waals surface area contributed by atoms with E-state index in [0.717, 1.165) is 17.8 Å². The lowest BCUT2D eigenvalue weighted by Gasteiger charge is -2.30. The second-order valence-electron chi connectivity index (χ2n) is 5.86. The van der Waals surface area contributed by atoms with Crippen LogP contribution in [0.1, 0.15) is 37.8 Å². The van der Waals surface area contributed by atoms with Crippen molar-refractivity contribution in [2.45, 2.75) is 44.7 Å². The van der Waals surface area contributed by atoms with Crippen molar-refractivity contribution in [3.63, 3.8) is 0 Å². The van der Waals surface area contributed by atoms with Crippen LogP contribution in [0.15, 0.2) is 34.9 Å². The first-order chi connectivity index (χ1) is 10.2. The molecule has 2 aromatic rings. The number of oxazole rings is 1. The number of nitrogens with zero attached hydrogens (tertiary/aromatic N) is 2. The fraction of sp³-hybridized carbons (Fsp3) is 0.471. The largest absolute Gasteiger partial charge is 0.444 e. The SMILES string of the molecule is CN(Cc1coc(-c2ccc(F)cc2)n1)C1CCCCC1. The van der Waals surface area contributed by atoms with E-state index in [9.17, 15) is 4.39 Å². The molecule has 3 nitrogen and oxygen atoms in total. The van der Waals surface area contributed by atoms with Gasteiger partial charge in [0.15, 0.2) is 0 Å². The van der Waals surface area contributed by atoms with Gasteiger partial charge in [0.1, 0.15) is 12.1 Å². The molecule has 4 heteroatoms. The van der Waals surface area contributed by atoms with Crippen LogP contribution in [0, 0.1) is 5.82 Å². The average Bonchev–Trinajstić information content (AvgIpc) is 2.97. The molecule has 0 amide bonds. The summed E-state index contributed by atoms with van der Waals surface area (Å²) in [5.74, 6) is 0.310. The summed E-state index contributed by atoms with van der Waals surface area (Å²) in [4.78, 5) is 6.88. The van der Waals surface area contributed by atoms with Gasteiger partial charge in [-0.1, -0.05) is 19.3 Å². The zero-order valence-corrected chi connectivity index (χ0v) is 12.4. The van der Waals surface area contributed by atoms with Crippen LogP contribution in [0.5, 0.6) is 0 Å². The Morgan fingerprint density at radius 3 is 2.62 bits per heavy atom. The van der Waals surface area contributed by atoms with E-state index < -0.39 is 0 Å². The minimum absolute atomic E-state index is 0.248.